The number of amidine groups is 1. The summed E-state index contributed by atoms with van der Waals surface area (Å²) >= 11 is 12.1. The SMILES string of the molecule is N/C(COc1c(Cl)cc(Cl)c2cccnc12)=N\O. The molecule has 18 heavy (non-hydrogen) atoms. The number of halogens is 2. The van der Waals surface area contributed by atoms with Crippen LogP contribution in [0, 0.1) is 0 Å². The lowest BCUT2D eigenvalue weighted by molar-refractivity contribution is 0.307. The quantitative estimate of drug-likeness (QED) is 0.393. The molecule has 3 N–H and O–H groups in total. The maximum absolute atomic E-state index is 8.45. The summed E-state index contributed by atoms with van der Waals surface area (Å²) in [4.78, 5) is 4.17. The second kappa shape index (κ2) is 5.29. The highest BCUT2D eigenvalue weighted by Crippen LogP contribution is 2.36. The first-order valence-electron chi connectivity index (χ1n) is 4.95. The third kappa shape index (κ3) is 2.42. The van der Waals surface area contributed by atoms with Gasteiger partial charge in [-0.2, -0.15) is 0 Å². The van der Waals surface area contributed by atoms with Crippen molar-refractivity contribution in [3.63, 3.8) is 0 Å². The van der Waals surface area contributed by atoms with Gasteiger partial charge in [-0.1, -0.05) is 28.4 Å². The lowest BCUT2D eigenvalue weighted by Crippen LogP contribution is -2.21. The Morgan fingerprint density at radius 2 is 2.22 bits per heavy atom. The van der Waals surface area contributed by atoms with Crippen molar-refractivity contribution in [2.75, 3.05) is 6.61 Å². The molecule has 0 fully saturated rings. The molecule has 0 spiro atoms. The molecule has 0 aliphatic heterocycles. The van der Waals surface area contributed by atoms with Crippen LogP contribution < -0.4 is 10.5 Å². The maximum atomic E-state index is 8.45. The number of benzene rings is 1. The van der Waals surface area contributed by atoms with Crippen molar-refractivity contribution < 1.29 is 9.94 Å². The number of pyridine rings is 1. The molecule has 2 aromatic rings. The molecule has 0 saturated heterocycles. The summed E-state index contributed by atoms with van der Waals surface area (Å²) in [6, 6.07) is 5.13. The second-order valence-electron chi connectivity index (χ2n) is 3.45. The number of ether oxygens (including phenoxy) is 1. The van der Waals surface area contributed by atoms with E-state index in [9.17, 15) is 0 Å². The molecule has 0 saturated carbocycles. The summed E-state index contributed by atoms with van der Waals surface area (Å²) in [5, 5.41) is 12.8. The van der Waals surface area contributed by atoms with Crippen LogP contribution in [-0.2, 0) is 0 Å². The Kier molecular flexibility index (Phi) is 3.74. The van der Waals surface area contributed by atoms with Crippen LogP contribution in [0.4, 0.5) is 0 Å². The van der Waals surface area contributed by atoms with E-state index in [2.05, 4.69) is 10.1 Å². The highest BCUT2D eigenvalue weighted by atomic mass is 35.5. The van der Waals surface area contributed by atoms with Gasteiger partial charge < -0.3 is 15.7 Å². The first-order valence-corrected chi connectivity index (χ1v) is 5.71. The van der Waals surface area contributed by atoms with Crippen LogP contribution in [0.1, 0.15) is 0 Å². The van der Waals surface area contributed by atoms with Crippen molar-refractivity contribution in [1.82, 2.24) is 4.98 Å². The van der Waals surface area contributed by atoms with Crippen LogP contribution in [0.25, 0.3) is 10.9 Å². The highest BCUT2D eigenvalue weighted by Gasteiger charge is 2.12. The minimum absolute atomic E-state index is 0.0647. The Bertz CT molecular complexity index is 617. The summed E-state index contributed by atoms with van der Waals surface area (Å²) in [7, 11) is 0. The molecule has 5 nitrogen and oxygen atoms in total. The van der Waals surface area contributed by atoms with E-state index in [1.54, 1.807) is 24.4 Å². The third-order valence-electron chi connectivity index (χ3n) is 2.24. The van der Waals surface area contributed by atoms with Crippen molar-refractivity contribution in [2.45, 2.75) is 0 Å². The van der Waals surface area contributed by atoms with E-state index in [4.69, 9.17) is 38.9 Å². The van der Waals surface area contributed by atoms with Crippen LogP contribution in [0.15, 0.2) is 29.6 Å². The molecule has 0 amide bonds. The van der Waals surface area contributed by atoms with Crippen LogP contribution in [-0.4, -0.2) is 22.6 Å². The van der Waals surface area contributed by atoms with Crippen LogP contribution in [0.2, 0.25) is 10.0 Å². The number of hydrogen-bond acceptors (Lipinski definition) is 4. The molecular weight excluding hydrogens is 277 g/mol. The Morgan fingerprint density at radius 1 is 1.44 bits per heavy atom. The zero-order valence-electron chi connectivity index (χ0n) is 9.10. The molecule has 0 radical (unpaired) electrons. The van der Waals surface area contributed by atoms with Crippen molar-refractivity contribution in [1.29, 1.82) is 0 Å². The number of fused-ring (bicyclic) bond motifs is 1. The van der Waals surface area contributed by atoms with Crippen LogP contribution in [0.3, 0.4) is 0 Å². The molecule has 1 aromatic heterocycles. The molecule has 1 aromatic carbocycles. The Balaban J connectivity index is 2.49. The molecule has 2 rings (SSSR count). The number of nitrogens with two attached hydrogens (primary N) is 1. The summed E-state index contributed by atoms with van der Waals surface area (Å²) in [6.45, 7) is -0.0937. The first-order chi connectivity index (χ1) is 8.63. The van der Waals surface area contributed by atoms with Gasteiger partial charge >= 0.3 is 0 Å². The number of hydrogen-bond donors (Lipinski definition) is 2. The second-order valence-corrected chi connectivity index (χ2v) is 4.26. The minimum atomic E-state index is -0.0937. The number of nitrogens with zero attached hydrogens (tertiary/aromatic N) is 2. The van der Waals surface area contributed by atoms with Crippen molar-refractivity contribution in [3.8, 4) is 5.75 Å². The molecule has 0 aliphatic carbocycles. The van der Waals surface area contributed by atoms with Gasteiger partial charge in [0.25, 0.3) is 0 Å². The summed E-state index contributed by atoms with van der Waals surface area (Å²) in [5.74, 6) is 0.286. The molecule has 0 unspecified atom stereocenters. The molecule has 0 aliphatic rings. The topological polar surface area (TPSA) is 80.7 Å². The molecule has 0 bridgehead atoms. The Morgan fingerprint density at radius 3 is 2.94 bits per heavy atom. The standard InChI is InChI=1S/C11H9Cl2N3O2/c12-7-4-8(13)11(18-5-9(14)16-17)10-6(7)2-1-3-15-10/h1-4,17H,5H2,(H2,14,16). The lowest BCUT2D eigenvalue weighted by atomic mass is 10.2. The lowest BCUT2D eigenvalue weighted by Gasteiger charge is -2.10. The minimum Gasteiger partial charge on any atom is -0.482 e. The van der Waals surface area contributed by atoms with E-state index in [1.165, 1.54) is 0 Å². The summed E-state index contributed by atoms with van der Waals surface area (Å²) < 4.78 is 5.39. The van der Waals surface area contributed by atoms with Gasteiger partial charge in [0.2, 0.25) is 0 Å². The molecule has 0 atom stereocenters. The normalized spacial score (nSPS) is 11.8. The highest BCUT2D eigenvalue weighted by molar-refractivity contribution is 6.39. The van der Waals surface area contributed by atoms with Gasteiger partial charge in [0, 0.05) is 11.6 Å². The molecule has 94 valence electrons. The fourth-order valence-corrected chi connectivity index (χ4v) is 2.03. The number of aromatic nitrogens is 1. The molecular formula is C11H9Cl2N3O2. The van der Waals surface area contributed by atoms with Gasteiger partial charge in [-0.05, 0) is 18.2 Å². The Hall–Kier alpha value is -1.72. The van der Waals surface area contributed by atoms with Crippen molar-refractivity contribution in [2.24, 2.45) is 10.9 Å². The first kappa shape index (κ1) is 12.7. The van der Waals surface area contributed by atoms with E-state index < -0.39 is 0 Å². The fraction of sp³-hybridized carbons (Fsp3) is 0.0909. The zero-order chi connectivity index (χ0) is 13.1. The van der Waals surface area contributed by atoms with Crippen molar-refractivity contribution >= 4 is 39.9 Å². The van der Waals surface area contributed by atoms with E-state index in [0.29, 0.717) is 21.3 Å². The van der Waals surface area contributed by atoms with Gasteiger partial charge in [-0.25, -0.2) is 0 Å². The largest absolute Gasteiger partial charge is 0.482 e. The maximum Gasteiger partial charge on any atom is 0.177 e. The monoisotopic (exact) mass is 285 g/mol. The molecule has 7 heteroatoms. The number of oxime groups is 1. The van der Waals surface area contributed by atoms with E-state index >= 15 is 0 Å². The van der Waals surface area contributed by atoms with Crippen molar-refractivity contribution in [3.05, 3.63) is 34.4 Å². The fourth-order valence-electron chi connectivity index (χ4n) is 1.46. The van der Waals surface area contributed by atoms with Gasteiger partial charge in [-0.3, -0.25) is 4.98 Å². The Labute approximate surface area is 113 Å². The van der Waals surface area contributed by atoms with Gasteiger partial charge in [0.05, 0.1) is 10.0 Å². The van der Waals surface area contributed by atoms with Crippen LogP contribution >= 0.6 is 23.2 Å². The van der Waals surface area contributed by atoms with E-state index in [0.717, 1.165) is 5.39 Å². The predicted molar refractivity (Wildman–Crippen MR) is 70.7 cm³/mol. The average molecular weight is 286 g/mol. The average Bonchev–Trinajstić information content (AvgIpc) is 2.38. The van der Waals surface area contributed by atoms with E-state index in [1.807, 2.05) is 0 Å². The van der Waals surface area contributed by atoms with Gasteiger partial charge in [0.1, 0.15) is 12.1 Å². The summed E-state index contributed by atoms with van der Waals surface area (Å²) in [5.41, 5.74) is 5.86. The zero-order valence-corrected chi connectivity index (χ0v) is 10.6. The van der Waals surface area contributed by atoms with Crippen LogP contribution in [0.5, 0.6) is 5.75 Å². The number of rotatable bonds is 3. The smallest absolute Gasteiger partial charge is 0.177 e. The van der Waals surface area contributed by atoms with Gasteiger partial charge in [-0.15, -0.1) is 0 Å². The predicted octanol–water partition coefficient (Wildman–Crippen LogP) is 2.67. The molecule has 1 heterocycles. The third-order valence-corrected chi connectivity index (χ3v) is 2.84. The van der Waals surface area contributed by atoms with Gasteiger partial charge in [0.15, 0.2) is 11.6 Å². The van der Waals surface area contributed by atoms with E-state index in [-0.39, 0.29) is 12.4 Å². The summed E-state index contributed by atoms with van der Waals surface area (Å²) in [6.07, 6.45) is 1.60.